The molecule has 2 heterocycles. The number of aliphatic carboxylic acids is 1. The van der Waals surface area contributed by atoms with Crippen LogP contribution >= 0.6 is 0 Å². The highest BCUT2D eigenvalue weighted by molar-refractivity contribution is 5.75. The summed E-state index contributed by atoms with van der Waals surface area (Å²) in [7, 11) is 0. The summed E-state index contributed by atoms with van der Waals surface area (Å²) in [6.07, 6.45) is 6.06. The van der Waals surface area contributed by atoms with Crippen molar-refractivity contribution in [1.29, 1.82) is 0 Å². The van der Waals surface area contributed by atoms with Crippen molar-refractivity contribution in [3.05, 3.63) is 30.1 Å². The van der Waals surface area contributed by atoms with Crippen molar-refractivity contribution in [2.24, 2.45) is 5.41 Å². The molecule has 0 amide bonds. The van der Waals surface area contributed by atoms with Gasteiger partial charge in [-0.05, 0) is 44.4 Å². The van der Waals surface area contributed by atoms with Crippen LogP contribution in [0.3, 0.4) is 0 Å². The first kappa shape index (κ1) is 14.0. The van der Waals surface area contributed by atoms with E-state index in [2.05, 4.69) is 22.9 Å². The van der Waals surface area contributed by atoms with Crippen molar-refractivity contribution in [2.75, 3.05) is 13.1 Å². The van der Waals surface area contributed by atoms with E-state index in [1.807, 2.05) is 19.2 Å². The summed E-state index contributed by atoms with van der Waals surface area (Å²) in [4.78, 5) is 18.0. The molecular formula is C15H22N2O2. The monoisotopic (exact) mass is 262 g/mol. The first-order chi connectivity index (χ1) is 9.09. The number of carboxylic acids is 1. The molecule has 1 aromatic heterocycles. The molecule has 2 rings (SSSR count). The Balaban J connectivity index is 2.15. The molecule has 2 unspecified atom stereocenters. The van der Waals surface area contributed by atoms with Gasteiger partial charge in [-0.3, -0.25) is 14.7 Å². The van der Waals surface area contributed by atoms with E-state index in [1.54, 1.807) is 6.20 Å². The third-order valence-corrected chi connectivity index (χ3v) is 4.45. The largest absolute Gasteiger partial charge is 0.481 e. The molecule has 0 aromatic carbocycles. The lowest BCUT2D eigenvalue weighted by Gasteiger charge is -2.42. The number of hydrogen-bond acceptors (Lipinski definition) is 3. The Bertz CT molecular complexity index is 435. The molecule has 0 spiro atoms. The van der Waals surface area contributed by atoms with Crippen LogP contribution in [0.5, 0.6) is 0 Å². The first-order valence-electron chi connectivity index (χ1n) is 6.96. The molecule has 1 N–H and O–H groups in total. The van der Waals surface area contributed by atoms with Crippen molar-refractivity contribution in [3.8, 4) is 0 Å². The zero-order chi connectivity index (χ0) is 13.9. The fourth-order valence-corrected chi connectivity index (χ4v) is 2.95. The van der Waals surface area contributed by atoms with Gasteiger partial charge in [0.1, 0.15) is 0 Å². The molecule has 4 nitrogen and oxygen atoms in total. The molecule has 1 aliphatic heterocycles. The maximum Gasteiger partial charge on any atom is 0.310 e. The van der Waals surface area contributed by atoms with Crippen LogP contribution in [0, 0.1) is 5.41 Å². The molecule has 104 valence electrons. The number of carbonyl (C=O) groups is 1. The number of likely N-dealkylation sites (tertiary alicyclic amines) is 1. The summed E-state index contributed by atoms with van der Waals surface area (Å²) < 4.78 is 0. The van der Waals surface area contributed by atoms with Crippen LogP contribution in [-0.4, -0.2) is 34.0 Å². The van der Waals surface area contributed by atoms with Crippen LogP contribution in [0.1, 0.15) is 44.7 Å². The number of nitrogens with zero attached hydrogens (tertiary/aromatic N) is 2. The molecule has 1 fully saturated rings. The zero-order valence-electron chi connectivity index (χ0n) is 11.7. The molecule has 19 heavy (non-hydrogen) atoms. The first-order valence-corrected chi connectivity index (χ1v) is 6.96. The van der Waals surface area contributed by atoms with Crippen LogP contribution in [-0.2, 0) is 4.79 Å². The lowest BCUT2D eigenvalue weighted by atomic mass is 9.77. The van der Waals surface area contributed by atoms with Crippen molar-refractivity contribution in [3.63, 3.8) is 0 Å². The summed E-state index contributed by atoms with van der Waals surface area (Å²) in [6, 6.07) is 4.21. The van der Waals surface area contributed by atoms with E-state index in [1.165, 1.54) is 0 Å². The summed E-state index contributed by atoms with van der Waals surface area (Å²) in [6.45, 7) is 5.71. The molecule has 1 aliphatic rings. The molecular weight excluding hydrogens is 240 g/mol. The normalized spacial score (nSPS) is 26.0. The standard InChI is InChI=1S/C15H22N2O2/c1-3-15(14(18)19)7-5-9-17(11-15)12(2)13-6-4-8-16-10-13/h4,6,8,10,12H,3,5,7,9,11H2,1-2H3,(H,18,19). The van der Waals surface area contributed by atoms with Gasteiger partial charge >= 0.3 is 5.97 Å². The highest BCUT2D eigenvalue weighted by Gasteiger charge is 2.41. The molecule has 1 saturated heterocycles. The number of aromatic nitrogens is 1. The van der Waals surface area contributed by atoms with Crippen LogP contribution in [0.4, 0.5) is 0 Å². The molecule has 0 aliphatic carbocycles. The minimum atomic E-state index is -0.655. The lowest BCUT2D eigenvalue weighted by molar-refractivity contribution is -0.153. The van der Waals surface area contributed by atoms with Gasteiger partial charge in [-0.15, -0.1) is 0 Å². The van der Waals surface area contributed by atoms with E-state index >= 15 is 0 Å². The molecule has 4 heteroatoms. The second-order valence-electron chi connectivity index (χ2n) is 5.48. The topological polar surface area (TPSA) is 53.4 Å². The van der Waals surface area contributed by atoms with E-state index in [4.69, 9.17) is 0 Å². The predicted molar refractivity (Wildman–Crippen MR) is 73.8 cm³/mol. The van der Waals surface area contributed by atoms with Crippen LogP contribution in [0.2, 0.25) is 0 Å². The number of piperidine rings is 1. The molecule has 0 bridgehead atoms. The predicted octanol–water partition coefficient (Wildman–Crippen LogP) is 2.72. The average Bonchev–Trinajstić information content (AvgIpc) is 2.47. The molecule has 2 atom stereocenters. The third-order valence-electron chi connectivity index (χ3n) is 4.45. The zero-order valence-corrected chi connectivity index (χ0v) is 11.7. The van der Waals surface area contributed by atoms with Gasteiger partial charge in [-0.25, -0.2) is 0 Å². The highest BCUT2D eigenvalue weighted by Crippen LogP contribution is 2.36. The number of pyridine rings is 1. The average molecular weight is 262 g/mol. The van der Waals surface area contributed by atoms with Gasteiger partial charge in [0, 0.05) is 25.0 Å². The second-order valence-corrected chi connectivity index (χ2v) is 5.48. The van der Waals surface area contributed by atoms with Crippen LogP contribution in [0.15, 0.2) is 24.5 Å². The highest BCUT2D eigenvalue weighted by atomic mass is 16.4. The maximum atomic E-state index is 11.6. The Morgan fingerprint density at radius 3 is 3.00 bits per heavy atom. The smallest absolute Gasteiger partial charge is 0.310 e. The fourth-order valence-electron chi connectivity index (χ4n) is 2.95. The van der Waals surface area contributed by atoms with Crippen molar-refractivity contribution in [1.82, 2.24) is 9.88 Å². The van der Waals surface area contributed by atoms with Gasteiger partial charge in [0.25, 0.3) is 0 Å². The SMILES string of the molecule is CCC1(C(=O)O)CCCN(C(C)c2cccnc2)C1. The minimum absolute atomic E-state index is 0.222. The Hall–Kier alpha value is -1.42. The Labute approximate surface area is 114 Å². The minimum Gasteiger partial charge on any atom is -0.481 e. The number of hydrogen-bond donors (Lipinski definition) is 1. The van der Waals surface area contributed by atoms with E-state index in [-0.39, 0.29) is 6.04 Å². The quantitative estimate of drug-likeness (QED) is 0.906. The van der Waals surface area contributed by atoms with Crippen LogP contribution in [0.25, 0.3) is 0 Å². The maximum absolute atomic E-state index is 11.6. The van der Waals surface area contributed by atoms with Gasteiger partial charge in [0.05, 0.1) is 5.41 Å². The van der Waals surface area contributed by atoms with E-state index in [0.717, 1.165) is 24.9 Å². The van der Waals surface area contributed by atoms with Gasteiger partial charge in [0.2, 0.25) is 0 Å². The third kappa shape index (κ3) is 2.78. The summed E-state index contributed by atoms with van der Waals surface area (Å²) in [5, 5.41) is 9.52. The van der Waals surface area contributed by atoms with E-state index in [9.17, 15) is 9.90 Å². The fraction of sp³-hybridized carbons (Fsp3) is 0.600. The van der Waals surface area contributed by atoms with E-state index < -0.39 is 11.4 Å². The van der Waals surface area contributed by atoms with Crippen LogP contribution < -0.4 is 0 Å². The van der Waals surface area contributed by atoms with E-state index in [0.29, 0.717) is 13.0 Å². The van der Waals surface area contributed by atoms with Crippen molar-refractivity contribution >= 4 is 5.97 Å². The molecule has 0 radical (unpaired) electrons. The number of carboxylic acid groups (broad SMARTS) is 1. The Morgan fingerprint density at radius 2 is 2.42 bits per heavy atom. The van der Waals surface area contributed by atoms with Gasteiger partial charge in [0.15, 0.2) is 0 Å². The Kier molecular flexibility index (Phi) is 4.20. The molecule has 0 saturated carbocycles. The van der Waals surface area contributed by atoms with Crippen molar-refractivity contribution in [2.45, 2.75) is 39.2 Å². The molecule has 1 aromatic rings. The summed E-state index contributed by atoms with van der Waals surface area (Å²) >= 11 is 0. The van der Waals surface area contributed by atoms with Gasteiger partial charge < -0.3 is 5.11 Å². The number of rotatable bonds is 4. The van der Waals surface area contributed by atoms with Gasteiger partial charge in [-0.1, -0.05) is 13.0 Å². The second kappa shape index (κ2) is 5.70. The Morgan fingerprint density at radius 1 is 1.63 bits per heavy atom. The van der Waals surface area contributed by atoms with Crippen molar-refractivity contribution < 1.29 is 9.90 Å². The summed E-state index contributed by atoms with van der Waals surface area (Å²) in [5.41, 5.74) is 0.578. The summed E-state index contributed by atoms with van der Waals surface area (Å²) in [5.74, 6) is -0.655. The van der Waals surface area contributed by atoms with Gasteiger partial charge in [-0.2, -0.15) is 0 Å². The lowest BCUT2D eigenvalue weighted by Crippen LogP contribution is -2.48.